The molecular formula is C9H15N7. The lowest BCUT2D eigenvalue weighted by Crippen LogP contribution is -2.03. The summed E-state index contributed by atoms with van der Waals surface area (Å²) in [5.74, 6) is 0.674. The molecule has 0 radical (unpaired) electrons. The zero-order valence-corrected chi connectivity index (χ0v) is 9.67. The Morgan fingerprint density at radius 1 is 1.31 bits per heavy atom. The molecule has 7 heteroatoms. The van der Waals surface area contributed by atoms with E-state index in [2.05, 4.69) is 32.7 Å². The predicted molar refractivity (Wildman–Crippen MR) is 58.7 cm³/mol. The van der Waals surface area contributed by atoms with Crippen LogP contribution in [0.3, 0.4) is 0 Å². The molecule has 0 bridgehead atoms. The minimum atomic E-state index is 0.562. The highest BCUT2D eigenvalue weighted by atomic mass is 15.6. The summed E-state index contributed by atoms with van der Waals surface area (Å²) in [5, 5.41) is 19.4. The molecule has 0 saturated carbocycles. The van der Waals surface area contributed by atoms with Gasteiger partial charge in [0.15, 0.2) is 5.82 Å². The van der Waals surface area contributed by atoms with Gasteiger partial charge in [-0.05, 0) is 11.6 Å². The Morgan fingerprint density at radius 2 is 2.12 bits per heavy atom. The van der Waals surface area contributed by atoms with Gasteiger partial charge in [0, 0.05) is 13.2 Å². The molecule has 0 fully saturated rings. The molecule has 7 nitrogen and oxygen atoms in total. The van der Waals surface area contributed by atoms with Crippen LogP contribution in [-0.4, -0.2) is 30.0 Å². The van der Waals surface area contributed by atoms with Crippen LogP contribution >= 0.6 is 0 Å². The fraction of sp³-hybridized carbons (Fsp3) is 0.556. The minimum Gasteiger partial charge on any atom is -0.375 e. The van der Waals surface area contributed by atoms with Crippen LogP contribution in [0.4, 0.5) is 5.69 Å². The van der Waals surface area contributed by atoms with E-state index in [1.54, 1.807) is 11.7 Å². The van der Waals surface area contributed by atoms with Crippen LogP contribution in [0, 0.1) is 0 Å². The van der Waals surface area contributed by atoms with Crippen molar-refractivity contribution >= 4 is 5.69 Å². The fourth-order valence-corrected chi connectivity index (χ4v) is 1.51. The molecule has 1 N–H and O–H groups in total. The van der Waals surface area contributed by atoms with Gasteiger partial charge in [-0.25, -0.2) is 0 Å². The first-order chi connectivity index (χ1) is 7.69. The normalized spacial score (nSPS) is 10.7. The van der Waals surface area contributed by atoms with Crippen LogP contribution in [-0.2, 0) is 27.1 Å². The van der Waals surface area contributed by atoms with Gasteiger partial charge < -0.3 is 5.32 Å². The van der Waals surface area contributed by atoms with Crippen molar-refractivity contribution in [3.63, 3.8) is 0 Å². The van der Waals surface area contributed by atoms with Crippen molar-refractivity contribution in [2.24, 2.45) is 14.1 Å². The first-order valence-electron chi connectivity index (χ1n) is 5.18. The summed E-state index contributed by atoms with van der Waals surface area (Å²) < 4.78 is 1.80. The summed E-state index contributed by atoms with van der Waals surface area (Å²) in [6.45, 7) is 2.64. The van der Waals surface area contributed by atoms with E-state index in [0.717, 1.165) is 17.8 Å². The Morgan fingerprint density at radius 3 is 2.75 bits per heavy atom. The van der Waals surface area contributed by atoms with Gasteiger partial charge in [0.25, 0.3) is 0 Å². The summed E-state index contributed by atoms with van der Waals surface area (Å²) in [6, 6.07) is 0. The number of tetrazole rings is 1. The van der Waals surface area contributed by atoms with Crippen LogP contribution < -0.4 is 5.32 Å². The van der Waals surface area contributed by atoms with Gasteiger partial charge in [0.05, 0.1) is 25.0 Å². The van der Waals surface area contributed by atoms with Gasteiger partial charge in [-0.15, -0.1) is 10.2 Å². The highest BCUT2D eigenvalue weighted by Gasteiger charge is 2.06. The first-order valence-corrected chi connectivity index (χ1v) is 5.18. The second kappa shape index (κ2) is 4.30. The maximum atomic E-state index is 4.34. The van der Waals surface area contributed by atoms with E-state index in [4.69, 9.17) is 0 Å². The second-order valence-electron chi connectivity index (χ2n) is 3.57. The number of hydrogen-bond donors (Lipinski definition) is 1. The molecule has 86 valence electrons. The Labute approximate surface area is 93.5 Å². The predicted octanol–water partition coefficient (Wildman–Crippen LogP) is 0.118. The van der Waals surface area contributed by atoms with Gasteiger partial charge in [-0.2, -0.15) is 9.90 Å². The van der Waals surface area contributed by atoms with Gasteiger partial charge in [-0.3, -0.25) is 4.68 Å². The molecule has 0 aliphatic rings. The number of hydrogen-bond acceptors (Lipinski definition) is 5. The Balaban J connectivity index is 2.04. The van der Waals surface area contributed by atoms with E-state index in [9.17, 15) is 0 Å². The van der Waals surface area contributed by atoms with Gasteiger partial charge in [-0.1, -0.05) is 6.92 Å². The molecule has 0 spiro atoms. The van der Waals surface area contributed by atoms with Crippen molar-refractivity contribution < 1.29 is 0 Å². The maximum absolute atomic E-state index is 4.34. The van der Waals surface area contributed by atoms with Crippen molar-refractivity contribution in [1.82, 2.24) is 30.0 Å². The molecule has 0 amide bonds. The van der Waals surface area contributed by atoms with Crippen LogP contribution in [0.1, 0.15) is 18.4 Å². The summed E-state index contributed by atoms with van der Waals surface area (Å²) in [7, 11) is 3.66. The van der Waals surface area contributed by atoms with Crippen molar-refractivity contribution in [3.8, 4) is 0 Å². The Bertz CT molecular complexity index is 470. The molecule has 16 heavy (non-hydrogen) atoms. The smallest absolute Gasteiger partial charge is 0.193 e. The average molecular weight is 221 g/mol. The zero-order chi connectivity index (χ0) is 11.5. The third-order valence-electron chi connectivity index (χ3n) is 2.23. The number of nitrogens with one attached hydrogen (secondary N) is 1. The minimum absolute atomic E-state index is 0.562. The van der Waals surface area contributed by atoms with Crippen molar-refractivity contribution in [1.29, 1.82) is 0 Å². The second-order valence-corrected chi connectivity index (χ2v) is 3.57. The highest BCUT2D eigenvalue weighted by molar-refractivity contribution is 5.46. The number of aryl methyl sites for hydroxylation is 3. The zero-order valence-electron chi connectivity index (χ0n) is 9.67. The van der Waals surface area contributed by atoms with Gasteiger partial charge in [0.1, 0.15) is 0 Å². The molecule has 2 aromatic rings. The maximum Gasteiger partial charge on any atom is 0.193 e. The third kappa shape index (κ3) is 2.18. The van der Waals surface area contributed by atoms with Crippen LogP contribution in [0.2, 0.25) is 0 Å². The number of nitrogens with zero attached hydrogens (tertiary/aromatic N) is 6. The summed E-state index contributed by atoms with van der Waals surface area (Å²) in [5.41, 5.74) is 2.07. The fourth-order valence-electron chi connectivity index (χ4n) is 1.51. The van der Waals surface area contributed by atoms with Gasteiger partial charge in [0.2, 0.25) is 0 Å². The summed E-state index contributed by atoms with van der Waals surface area (Å²) in [4.78, 5) is 1.45. The summed E-state index contributed by atoms with van der Waals surface area (Å²) >= 11 is 0. The summed E-state index contributed by atoms with van der Waals surface area (Å²) in [6.07, 6.45) is 2.85. The lowest BCUT2D eigenvalue weighted by molar-refractivity contribution is 0.628. The molecule has 0 aromatic carbocycles. The lowest BCUT2D eigenvalue weighted by Gasteiger charge is -2.01. The van der Waals surface area contributed by atoms with Crippen molar-refractivity contribution in [2.75, 3.05) is 5.32 Å². The highest BCUT2D eigenvalue weighted by Crippen LogP contribution is 2.13. The lowest BCUT2D eigenvalue weighted by atomic mass is 10.3. The molecular weight excluding hydrogens is 206 g/mol. The molecule has 2 aromatic heterocycles. The molecule has 2 heterocycles. The van der Waals surface area contributed by atoms with E-state index in [1.807, 2.05) is 13.2 Å². The van der Waals surface area contributed by atoms with E-state index in [-0.39, 0.29) is 0 Å². The van der Waals surface area contributed by atoms with Crippen LogP contribution in [0.25, 0.3) is 0 Å². The van der Waals surface area contributed by atoms with Crippen LogP contribution in [0.15, 0.2) is 6.20 Å². The molecule has 0 unspecified atom stereocenters. The van der Waals surface area contributed by atoms with E-state index >= 15 is 0 Å². The Kier molecular flexibility index (Phi) is 2.84. The van der Waals surface area contributed by atoms with E-state index in [1.165, 1.54) is 4.80 Å². The third-order valence-corrected chi connectivity index (χ3v) is 2.23. The number of rotatable bonds is 4. The molecule has 0 saturated heterocycles. The van der Waals surface area contributed by atoms with Gasteiger partial charge >= 0.3 is 0 Å². The van der Waals surface area contributed by atoms with Crippen molar-refractivity contribution in [2.45, 2.75) is 19.9 Å². The monoisotopic (exact) mass is 221 g/mol. The average Bonchev–Trinajstić information content (AvgIpc) is 2.81. The van der Waals surface area contributed by atoms with Crippen LogP contribution in [0.5, 0.6) is 0 Å². The largest absolute Gasteiger partial charge is 0.375 e. The SMILES string of the molecule is CCc1nn(C)cc1NCc1nnn(C)n1. The Hall–Kier alpha value is -1.92. The quantitative estimate of drug-likeness (QED) is 0.793. The van der Waals surface area contributed by atoms with Crippen molar-refractivity contribution in [3.05, 3.63) is 17.7 Å². The molecule has 0 aliphatic heterocycles. The van der Waals surface area contributed by atoms with E-state index < -0.39 is 0 Å². The molecule has 2 rings (SSSR count). The molecule has 0 aliphatic carbocycles. The standard InChI is InChI=1S/C9H15N7/c1-4-7-8(6-15(2)12-7)10-5-9-11-14-16(3)13-9/h6,10H,4-5H2,1-3H3. The molecule has 0 atom stereocenters. The first kappa shape index (κ1) is 10.6. The number of anilines is 1. The number of aromatic nitrogens is 6. The van der Waals surface area contributed by atoms with E-state index in [0.29, 0.717) is 12.4 Å². The topological polar surface area (TPSA) is 73.5 Å².